The lowest BCUT2D eigenvalue weighted by molar-refractivity contribution is -0.123. The lowest BCUT2D eigenvalue weighted by Crippen LogP contribution is -2.32. The van der Waals surface area contributed by atoms with Gasteiger partial charge in [-0.2, -0.15) is 0 Å². The number of amides is 2. The Kier molecular flexibility index (Phi) is 9.59. The topological polar surface area (TPSA) is 82.1 Å². The molecule has 7 nitrogen and oxygen atoms in total. The fraction of sp³-hybridized carbons (Fsp3) is 0.148. The van der Waals surface area contributed by atoms with Crippen molar-refractivity contribution in [3.05, 3.63) is 90.3 Å². The molecule has 0 radical (unpaired) electrons. The number of imide groups is 1. The van der Waals surface area contributed by atoms with Crippen LogP contribution >= 0.6 is 57.6 Å². The number of ether oxygens (including phenoxy) is 3. The lowest BCUT2D eigenvalue weighted by atomic mass is 10.1. The quantitative estimate of drug-likeness (QED) is 0.101. The second kappa shape index (κ2) is 12.9. The number of halogens is 3. The fourth-order valence-electron chi connectivity index (χ4n) is 3.46. The molecule has 4 rings (SSSR count). The van der Waals surface area contributed by atoms with Crippen LogP contribution in [-0.4, -0.2) is 41.8 Å². The maximum Gasteiger partial charge on any atom is 0.345 e. The Labute approximate surface area is 247 Å². The van der Waals surface area contributed by atoms with Gasteiger partial charge in [0.2, 0.25) is 0 Å². The molecule has 2 amide bonds. The van der Waals surface area contributed by atoms with Gasteiger partial charge < -0.3 is 14.2 Å². The van der Waals surface area contributed by atoms with Crippen molar-refractivity contribution in [2.75, 3.05) is 19.8 Å². The summed E-state index contributed by atoms with van der Waals surface area (Å²) in [6, 6.07) is 16.9. The summed E-state index contributed by atoms with van der Waals surface area (Å²) in [7, 11) is 0. The van der Waals surface area contributed by atoms with E-state index in [2.05, 4.69) is 0 Å². The molecule has 0 unspecified atom stereocenters. The first-order valence-electron chi connectivity index (χ1n) is 11.3. The molecule has 1 aliphatic heterocycles. The summed E-state index contributed by atoms with van der Waals surface area (Å²) >= 11 is 15.1. The second-order valence-corrected chi connectivity index (χ2v) is 10.7. The number of esters is 1. The third kappa shape index (κ3) is 6.63. The molecule has 1 fully saturated rings. The van der Waals surface area contributed by atoms with Crippen LogP contribution in [0.5, 0.6) is 17.2 Å². The average Bonchev–Trinajstić information content (AvgIpc) is 3.14. The highest BCUT2D eigenvalue weighted by molar-refractivity contribution is 14.1. The molecular formula is C27H20Cl2INO6S. The molecule has 1 saturated heterocycles. The first-order chi connectivity index (χ1) is 18.3. The maximum atomic E-state index is 12.9. The van der Waals surface area contributed by atoms with Crippen molar-refractivity contribution in [3.8, 4) is 17.2 Å². The smallest absolute Gasteiger partial charge is 0.345 e. The van der Waals surface area contributed by atoms with Crippen molar-refractivity contribution < 1.29 is 28.6 Å². The molecule has 0 saturated carbocycles. The largest absolute Gasteiger partial charge is 0.490 e. The number of nitrogens with zero attached hydrogens (tertiary/aromatic N) is 1. The minimum atomic E-state index is -0.623. The van der Waals surface area contributed by atoms with Gasteiger partial charge in [0.15, 0.2) is 11.5 Å². The van der Waals surface area contributed by atoms with Crippen molar-refractivity contribution in [3.63, 3.8) is 0 Å². The van der Waals surface area contributed by atoms with Crippen molar-refractivity contribution in [1.82, 2.24) is 4.90 Å². The second-order valence-electron chi connectivity index (χ2n) is 7.74. The summed E-state index contributed by atoms with van der Waals surface area (Å²) in [6.45, 7) is 2.30. The van der Waals surface area contributed by atoms with Crippen LogP contribution in [0.15, 0.2) is 65.6 Å². The number of hydrogen-bond acceptors (Lipinski definition) is 7. The number of thioether (sulfide) groups is 1. The fourth-order valence-corrected chi connectivity index (χ4v) is 5.46. The molecule has 1 heterocycles. The highest BCUT2D eigenvalue weighted by Gasteiger charge is 2.35. The van der Waals surface area contributed by atoms with Crippen molar-refractivity contribution in [1.29, 1.82) is 0 Å². The zero-order chi connectivity index (χ0) is 27.2. The Morgan fingerprint density at radius 2 is 1.71 bits per heavy atom. The van der Waals surface area contributed by atoms with Crippen LogP contribution < -0.4 is 14.2 Å². The summed E-state index contributed by atoms with van der Waals surface area (Å²) in [6.07, 6.45) is 1.60. The molecule has 0 N–H and O–H groups in total. The Hall–Kier alpha value is -2.73. The molecule has 3 aromatic rings. The number of hydrogen-bond donors (Lipinski definition) is 0. The molecule has 11 heteroatoms. The summed E-state index contributed by atoms with van der Waals surface area (Å²) in [4.78, 5) is 39.6. The van der Waals surface area contributed by atoms with Gasteiger partial charge in [-0.1, -0.05) is 47.5 Å². The lowest BCUT2D eigenvalue weighted by Gasteiger charge is -2.14. The number of benzene rings is 3. The molecule has 38 heavy (non-hydrogen) atoms. The van der Waals surface area contributed by atoms with E-state index in [1.165, 1.54) is 0 Å². The summed E-state index contributed by atoms with van der Waals surface area (Å²) in [5, 5.41) is 0.325. The molecule has 0 spiro atoms. The third-order valence-electron chi connectivity index (χ3n) is 5.20. The first kappa shape index (κ1) is 28.3. The number of carbonyl (C=O) groups excluding carboxylic acids is 3. The number of rotatable bonds is 9. The monoisotopic (exact) mass is 683 g/mol. The van der Waals surface area contributed by atoms with Crippen LogP contribution in [0, 0.1) is 3.57 Å². The predicted molar refractivity (Wildman–Crippen MR) is 156 cm³/mol. The molecule has 0 atom stereocenters. The standard InChI is InChI=1S/C27H20Cl2INO6S/c1-2-35-22-14-16(13-20(30)24(22)37-26(33)17-7-3-4-8-18(17)28)15-23-25(32)31(27(34)38-23)11-12-36-21-10-6-5-9-19(21)29/h3-10,13-15H,2,11-12H2,1H3/b23-15-. The van der Waals surface area contributed by atoms with Gasteiger partial charge in [0.1, 0.15) is 12.4 Å². The van der Waals surface area contributed by atoms with E-state index in [0.717, 1.165) is 16.7 Å². The molecule has 3 aromatic carbocycles. The van der Waals surface area contributed by atoms with Crippen LogP contribution in [0.25, 0.3) is 6.08 Å². The van der Waals surface area contributed by atoms with E-state index in [1.807, 2.05) is 22.6 Å². The van der Waals surface area contributed by atoms with Gasteiger partial charge in [-0.3, -0.25) is 14.5 Å². The van der Waals surface area contributed by atoms with E-state index in [0.29, 0.717) is 32.3 Å². The molecular weight excluding hydrogens is 664 g/mol. The van der Waals surface area contributed by atoms with E-state index in [9.17, 15) is 14.4 Å². The Morgan fingerprint density at radius 3 is 2.42 bits per heavy atom. The molecule has 0 bridgehead atoms. The van der Waals surface area contributed by atoms with Gasteiger partial charge in [-0.25, -0.2) is 4.79 Å². The van der Waals surface area contributed by atoms with Crippen molar-refractivity contribution >= 4 is 80.7 Å². The normalized spacial score (nSPS) is 14.2. The SMILES string of the molecule is CCOc1cc(/C=C2\SC(=O)N(CCOc3ccccc3Cl)C2=O)cc(I)c1OC(=O)c1ccccc1Cl. The van der Waals surface area contributed by atoms with Crippen molar-refractivity contribution in [2.24, 2.45) is 0 Å². The van der Waals surface area contributed by atoms with Crippen LogP contribution in [0.4, 0.5) is 4.79 Å². The maximum absolute atomic E-state index is 12.9. The van der Waals surface area contributed by atoms with E-state index in [4.69, 9.17) is 37.4 Å². The Morgan fingerprint density at radius 1 is 1.00 bits per heavy atom. The number of carbonyl (C=O) groups is 3. The molecule has 0 aliphatic carbocycles. The van der Waals surface area contributed by atoms with Gasteiger partial charge >= 0.3 is 5.97 Å². The van der Waals surface area contributed by atoms with Gasteiger partial charge in [0.05, 0.1) is 37.2 Å². The molecule has 1 aliphatic rings. The minimum Gasteiger partial charge on any atom is -0.490 e. The minimum absolute atomic E-state index is 0.0753. The average molecular weight is 684 g/mol. The van der Waals surface area contributed by atoms with E-state index >= 15 is 0 Å². The Bertz CT molecular complexity index is 1430. The van der Waals surface area contributed by atoms with Crippen LogP contribution in [0.2, 0.25) is 10.0 Å². The summed E-state index contributed by atoms with van der Waals surface area (Å²) in [5.41, 5.74) is 0.830. The number of para-hydroxylation sites is 1. The highest BCUT2D eigenvalue weighted by atomic mass is 127. The Balaban J connectivity index is 1.50. The first-order valence-corrected chi connectivity index (χ1v) is 14.0. The van der Waals surface area contributed by atoms with Gasteiger partial charge in [0.25, 0.3) is 11.1 Å². The van der Waals surface area contributed by atoms with Crippen molar-refractivity contribution in [2.45, 2.75) is 6.92 Å². The zero-order valence-corrected chi connectivity index (χ0v) is 24.4. The van der Waals surface area contributed by atoms with Gasteiger partial charge in [-0.15, -0.1) is 0 Å². The summed E-state index contributed by atoms with van der Waals surface area (Å²) < 4.78 is 17.5. The zero-order valence-electron chi connectivity index (χ0n) is 19.9. The molecule has 0 aromatic heterocycles. The van der Waals surface area contributed by atoms with Gasteiger partial charge in [0, 0.05) is 0 Å². The van der Waals surface area contributed by atoms with Crippen LogP contribution in [0.1, 0.15) is 22.8 Å². The predicted octanol–water partition coefficient (Wildman–Crippen LogP) is 7.33. The van der Waals surface area contributed by atoms with Crippen LogP contribution in [-0.2, 0) is 4.79 Å². The third-order valence-corrected chi connectivity index (χ3v) is 7.55. The highest BCUT2D eigenvalue weighted by Crippen LogP contribution is 2.38. The van der Waals surface area contributed by atoms with Gasteiger partial charge in [-0.05, 0) is 89.3 Å². The molecule has 196 valence electrons. The van der Waals surface area contributed by atoms with E-state index in [1.54, 1.807) is 73.7 Å². The van der Waals surface area contributed by atoms with E-state index in [-0.39, 0.29) is 34.4 Å². The summed E-state index contributed by atoms with van der Waals surface area (Å²) in [5.74, 6) is -0.0184. The van der Waals surface area contributed by atoms with E-state index < -0.39 is 17.1 Å². The van der Waals surface area contributed by atoms with Crippen LogP contribution in [0.3, 0.4) is 0 Å².